The minimum absolute atomic E-state index is 0.792. The largest absolute Gasteiger partial charge is 0.497 e. The molecule has 0 fully saturated rings. The third-order valence-corrected chi connectivity index (χ3v) is 3.38. The maximum absolute atomic E-state index is 5.17. The van der Waals surface area contributed by atoms with Crippen LogP contribution in [-0.4, -0.2) is 23.9 Å². The van der Waals surface area contributed by atoms with Gasteiger partial charge in [-0.1, -0.05) is 12.1 Å². The molecule has 1 heterocycles. The summed E-state index contributed by atoms with van der Waals surface area (Å²) in [6.45, 7) is 5.83. The first-order valence-corrected chi connectivity index (χ1v) is 6.46. The molecule has 0 spiro atoms. The maximum atomic E-state index is 5.17. The Kier molecular flexibility index (Phi) is 4.22. The van der Waals surface area contributed by atoms with Gasteiger partial charge in [-0.2, -0.15) is 5.10 Å². The van der Waals surface area contributed by atoms with Crippen molar-refractivity contribution in [3.63, 3.8) is 0 Å². The second kappa shape index (κ2) is 5.89. The van der Waals surface area contributed by atoms with Crippen LogP contribution in [0.15, 0.2) is 24.3 Å². The SMILES string of the molecule is CNCc1c(C)nn(Cc2ccc(OC)cc2)c1C. The van der Waals surface area contributed by atoms with Gasteiger partial charge in [-0.05, 0) is 38.6 Å². The molecule has 0 radical (unpaired) electrons. The molecule has 0 aliphatic carbocycles. The lowest BCUT2D eigenvalue weighted by Crippen LogP contribution is -2.08. The zero-order valence-electron chi connectivity index (χ0n) is 12.0. The van der Waals surface area contributed by atoms with Gasteiger partial charge in [-0.25, -0.2) is 0 Å². The monoisotopic (exact) mass is 259 g/mol. The van der Waals surface area contributed by atoms with E-state index in [1.807, 2.05) is 19.2 Å². The number of aryl methyl sites for hydroxylation is 1. The highest BCUT2D eigenvalue weighted by Crippen LogP contribution is 2.16. The van der Waals surface area contributed by atoms with Gasteiger partial charge in [0.1, 0.15) is 5.75 Å². The van der Waals surface area contributed by atoms with Gasteiger partial charge >= 0.3 is 0 Å². The van der Waals surface area contributed by atoms with Crippen LogP contribution in [-0.2, 0) is 13.1 Å². The number of hydrogen-bond acceptors (Lipinski definition) is 3. The molecule has 4 nitrogen and oxygen atoms in total. The predicted molar refractivity (Wildman–Crippen MR) is 76.6 cm³/mol. The second-order valence-corrected chi connectivity index (χ2v) is 4.69. The molecule has 1 aromatic carbocycles. The third-order valence-electron chi connectivity index (χ3n) is 3.38. The normalized spacial score (nSPS) is 10.7. The number of rotatable bonds is 5. The Balaban J connectivity index is 2.20. The summed E-state index contributed by atoms with van der Waals surface area (Å²) in [5.41, 5.74) is 4.83. The van der Waals surface area contributed by atoms with Crippen LogP contribution in [0.5, 0.6) is 5.75 Å². The predicted octanol–water partition coefficient (Wildman–Crippen LogP) is 2.28. The highest BCUT2D eigenvalue weighted by Gasteiger charge is 2.10. The van der Waals surface area contributed by atoms with Crippen LogP contribution in [0.25, 0.3) is 0 Å². The van der Waals surface area contributed by atoms with E-state index in [-0.39, 0.29) is 0 Å². The van der Waals surface area contributed by atoms with E-state index < -0.39 is 0 Å². The minimum Gasteiger partial charge on any atom is -0.497 e. The molecular weight excluding hydrogens is 238 g/mol. The Morgan fingerprint density at radius 1 is 1.21 bits per heavy atom. The Morgan fingerprint density at radius 3 is 2.47 bits per heavy atom. The van der Waals surface area contributed by atoms with Crippen molar-refractivity contribution in [2.24, 2.45) is 0 Å². The van der Waals surface area contributed by atoms with Crippen molar-refractivity contribution in [3.05, 3.63) is 46.8 Å². The van der Waals surface area contributed by atoms with Crippen molar-refractivity contribution >= 4 is 0 Å². The van der Waals surface area contributed by atoms with Crippen molar-refractivity contribution in [2.45, 2.75) is 26.9 Å². The summed E-state index contributed by atoms with van der Waals surface area (Å²) in [7, 11) is 3.64. The number of benzene rings is 1. The number of ether oxygens (including phenoxy) is 1. The molecular formula is C15H21N3O. The first-order valence-electron chi connectivity index (χ1n) is 6.46. The summed E-state index contributed by atoms with van der Waals surface area (Å²) in [6.07, 6.45) is 0. The van der Waals surface area contributed by atoms with Gasteiger partial charge in [-0.3, -0.25) is 4.68 Å². The molecule has 2 aromatic rings. The van der Waals surface area contributed by atoms with E-state index in [1.165, 1.54) is 16.8 Å². The second-order valence-electron chi connectivity index (χ2n) is 4.69. The van der Waals surface area contributed by atoms with Crippen LogP contribution >= 0.6 is 0 Å². The van der Waals surface area contributed by atoms with Gasteiger partial charge < -0.3 is 10.1 Å². The smallest absolute Gasteiger partial charge is 0.118 e. The maximum Gasteiger partial charge on any atom is 0.118 e. The molecule has 0 aliphatic heterocycles. The molecule has 0 unspecified atom stereocenters. The number of aromatic nitrogens is 2. The average Bonchev–Trinajstić information content (AvgIpc) is 2.68. The lowest BCUT2D eigenvalue weighted by molar-refractivity contribution is 0.414. The topological polar surface area (TPSA) is 39.1 Å². The summed E-state index contributed by atoms with van der Waals surface area (Å²) in [5, 5.41) is 7.80. The van der Waals surface area contributed by atoms with Crippen LogP contribution in [0, 0.1) is 13.8 Å². The van der Waals surface area contributed by atoms with E-state index in [2.05, 4.69) is 41.1 Å². The average molecular weight is 259 g/mol. The number of nitrogens with one attached hydrogen (secondary N) is 1. The van der Waals surface area contributed by atoms with Crippen LogP contribution < -0.4 is 10.1 Å². The molecule has 0 bridgehead atoms. The van der Waals surface area contributed by atoms with E-state index in [1.54, 1.807) is 7.11 Å². The highest BCUT2D eigenvalue weighted by molar-refractivity contribution is 5.29. The summed E-state index contributed by atoms with van der Waals surface area (Å²) in [6, 6.07) is 8.12. The lowest BCUT2D eigenvalue weighted by Gasteiger charge is -2.07. The fraction of sp³-hybridized carbons (Fsp3) is 0.400. The van der Waals surface area contributed by atoms with Crippen LogP contribution in [0.2, 0.25) is 0 Å². The number of hydrogen-bond donors (Lipinski definition) is 1. The Labute approximate surface area is 114 Å². The zero-order chi connectivity index (χ0) is 13.8. The Hall–Kier alpha value is -1.81. The van der Waals surface area contributed by atoms with Crippen molar-refractivity contribution in [1.29, 1.82) is 0 Å². The zero-order valence-corrected chi connectivity index (χ0v) is 12.0. The van der Waals surface area contributed by atoms with E-state index in [4.69, 9.17) is 4.74 Å². The Morgan fingerprint density at radius 2 is 1.89 bits per heavy atom. The van der Waals surface area contributed by atoms with Gasteiger partial charge in [0.15, 0.2) is 0 Å². The molecule has 102 valence electrons. The third kappa shape index (κ3) is 2.96. The summed E-state index contributed by atoms with van der Waals surface area (Å²) in [4.78, 5) is 0. The van der Waals surface area contributed by atoms with Crippen molar-refractivity contribution in [1.82, 2.24) is 15.1 Å². The van der Waals surface area contributed by atoms with Gasteiger partial charge in [0, 0.05) is 17.8 Å². The molecule has 0 atom stereocenters. The first kappa shape index (κ1) is 13.6. The van der Waals surface area contributed by atoms with Crippen molar-refractivity contribution in [3.8, 4) is 5.75 Å². The Bertz CT molecular complexity index is 543. The summed E-state index contributed by atoms with van der Waals surface area (Å²) in [5.74, 6) is 0.882. The van der Waals surface area contributed by atoms with Gasteiger partial charge in [0.25, 0.3) is 0 Å². The molecule has 1 N–H and O–H groups in total. The molecule has 0 saturated carbocycles. The van der Waals surface area contributed by atoms with Crippen LogP contribution in [0.4, 0.5) is 0 Å². The number of methoxy groups -OCH3 is 1. The van der Waals surface area contributed by atoms with E-state index >= 15 is 0 Å². The van der Waals surface area contributed by atoms with Crippen molar-refractivity contribution < 1.29 is 4.74 Å². The quantitative estimate of drug-likeness (QED) is 0.895. The van der Waals surface area contributed by atoms with Crippen molar-refractivity contribution in [2.75, 3.05) is 14.2 Å². The van der Waals surface area contributed by atoms with E-state index in [0.717, 1.165) is 24.5 Å². The molecule has 0 saturated heterocycles. The van der Waals surface area contributed by atoms with Crippen LogP contribution in [0.1, 0.15) is 22.5 Å². The molecule has 4 heteroatoms. The fourth-order valence-electron chi connectivity index (χ4n) is 2.22. The minimum atomic E-state index is 0.792. The molecule has 0 aliphatic rings. The van der Waals surface area contributed by atoms with Gasteiger partial charge in [-0.15, -0.1) is 0 Å². The van der Waals surface area contributed by atoms with E-state index in [0.29, 0.717) is 0 Å². The molecule has 2 rings (SSSR count). The summed E-state index contributed by atoms with van der Waals surface area (Å²) < 4.78 is 7.23. The summed E-state index contributed by atoms with van der Waals surface area (Å²) >= 11 is 0. The first-order chi connectivity index (χ1) is 9.15. The molecule has 19 heavy (non-hydrogen) atoms. The fourth-order valence-corrected chi connectivity index (χ4v) is 2.22. The molecule has 0 amide bonds. The lowest BCUT2D eigenvalue weighted by atomic mass is 10.2. The molecule has 1 aromatic heterocycles. The van der Waals surface area contributed by atoms with Gasteiger partial charge in [0.05, 0.1) is 19.3 Å². The number of nitrogens with zero attached hydrogens (tertiary/aromatic N) is 2. The van der Waals surface area contributed by atoms with E-state index in [9.17, 15) is 0 Å². The standard InChI is InChI=1S/C15H21N3O/c1-11-15(9-16-3)12(2)18(17-11)10-13-5-7-14(19-4)8-6-13/h5-8,16H,9-10H2,1-4H3. The van der Waals surface area contributed by atoms with Crippen LogP contribution in [0.3, 0.4) is 0 Å². The van der Waals surface area contributed by atoms with Gasteiger partial charge in [0.2, 0.25) is 0 Å². The highest BCUT2D eigenvalue weighted by atomic mass is 16.5.